The molecule has 0 bridgehead atoms. The Balaban J connectivity index is 1.58. The van der Waals surface area contributed by atoms with Gasteiger partial charge in [-0.15, -0.1) is 0 Å². The molecule has 0 aromatic heterocycles. The first kappa shape index (κ1) is 8.81. The minimum atomic E-state index is 0.421. The van der Waals surface area contributed by atoms with Crippen LogP contribution in [0.2, 0.25) is 0 Å². The van der Waals surface area contributed by atoms with Gasteiger partial charge in [0.25, 0.3) is 0 Å². The molecule has 4 heteroatoms. The molecule has 0 spiro atoms. The van der Waals surface area contributed by atoms with Gasteiger partial charge >= 0.3 is 0 Å². The number of ether oxygens (including phenoxy) is 2. The van der Waals surface area contributed by atoms with Crippen LogP contribution in [0.5, 0.6) is 0 Å². The van der Waals surface area contributed by atoms with Crippen LogP contribution in [0.1, 0.15) is 0 Å². The SMILES string of the molecule is C1COC(CSC2COC2)CN1. The topological polar surface area (TPSA) is 30.5 Å². The highest BCUT2D eigenvalue weighted by molar-refractivity contribution is 8.00. The highest BCUT2D eigenvalue weighted by atomic mass is 32.2. The molecule has 0 aliphatic carbocycles. The zero-order valence-electron chi connectivity index (χ0n) is 7.12. The average Bonchev–Trinajstić information content (AvgIpc) is 2.04. The quantitative estimate of drug-likeness (QED) is 0.682. The van der Waals surface area contributed by atoms with E-state index in [4.69, 9.17) is 9.47 Å². The van der Waals surface area contributed by atoms with Crippen LogP contribution in [0.25, 0.3) is 0 Å². The van der Waals surface area contributed by atoms with Crippen molar-refractivity contribution in [1.82, 2.24) is 5.32 Å². The van der Waals surface area contributed by atoms with E-state index in [0.29, 0.717) is 6.10 Å². The van der Waals surface area contributed by atoms with Gasteiger partial charge in [0.05, 0.1) is 31.2 Å². The Bertz CT molecular complexity index is 135. The zero-order valence-corrected chi connectivity index (χ0v) is 7.94. The lowest BCUT2D eigenvalue weighted by molar-refractivity contribution is 0.0382. The van der Waals surface area contributed by atoms with Gasteiger partial charge in [-0.2, -0.15) is 11.8 Å². The lowest BCUT2D eigenvalue weighted by atomic mass is 10.3. The number of hydrogen-bond acceptors (Lipinski definition) is 4. The van der Waals surface area contributed by atoms with Crippen molar-refractivity contribution in [2.45, 2.75) is 11.4 Å². The summed E-state index contributed by atoms with van der Waals surface area (Å²) in [6.45, 7) is 4.76. The Kier molecular flexibility index (Phi) is 3.28. The molecule has 2 rings (SSSR count). The second kappa shape index (κ2) is 4.46. The van der Waals surface area contributed by atoms with Crippen molar-refractivity contribution in [1.29, 1.82) is 0 Å². The first-order chi connectivity index (χ1) is 5.95. The predicted octanol–water partition coefficient (Wildman–Crippen LogP) is 0.107. The summed E-state index contributed by atoms with van der Waals surface area (Å²) in [5, 5.41) is 4.06. The summed E-state index contributed by atoms with van der Waals surface area (Å²) < 4.78 is 10.7. The normalized spacial score (nSPS) is 31.5. The lowest BCUT2D eigenvalue weighted by Crippen LogP contribution is -2.41. The molecule has 1 unspecified atom stereocenters. The maximum Gasteiger partial charge on any atom is 0.0790 e. The van der Waals surface area contributed by atoms with Crippen LogP contribution < -0.4 is 5.32 Å². The van der Waals surface area contributed by atoms with E-state index in [0.717, 1.165) is 43.9 Å². The molecular weight excluding hydrogens is 174 g/mol. The molecule has 2 aliphatic rings. The Labute approximate surface area is 77.2 Å². The van der Waals surface area contributed by atoms with Crippen molar-refractivity contribution in [3.63, 3.8) is 0 Å². The molecule has 0 aromatic carbocycles. The van der Waals surface area contributed by atoms with Crippen LogP contribution in [0, 0.1) is 0 Å². The van der Waals surface area contributed by atoms with E-state index in [1.165, 1.54) is 0 Å². The predicted molar refractivity (Wildman–Crippen MR) is 49.7 cm³/mol. The summed E-state index contributed by atoms with van der Waals surface area (Å²) >= 11 is 1.98. The van der Waals surface area contributed by atoms with Crippen molar-refractivity contribution >= 4 is 11.8 Å². The van der Waals surface area contributed by atoms with Gasteiger partial charge in [0, 0.05) is 18.8 Å². The van der Waals surface area contributed by atoms with Crippen LogP contribution in [0.4, 0.5) is 0 Å². The Morgan fingerprint density at radius 3 is 2.92 bits per heavy atom. The van der Waals surface area contributed by atoms with Crippen molar-refractivity contribution in [3.8, 4) is 0 Å². The molecular formula is C8H15NO2S. The van der Waals surface area contributed by atoms with E-state index in [-0.39, 0.29) is 0 Å². The van der Waals surface area contributed by atoms with Crippen LogP contribution in [-0.4, -0.2) is 50.0 Å². The van der Waals surface area contributed by atoms with E-state index in [1.807, 2.05) is 11.8 Å². The van der Waals surface area contributed by atoms with Crippen molar-refractivity contribution in [2.24, 2.45) is 0 Å². The number of rotatable bonds is 3. The lowest BCUT2D eigenvalue weighted by Gasteiger charge is -2.29. The summed E-state index contributed by atoms with van der Waals surface area (Å²) in [6, 6.07) is 0. The third-order valence-electron chi connectivity index (χ3n) is 2.13. The Hall–Kier alpha value is 0.230. The van der Waals surface area contributed by atoms with Gasteiger partial charge in [0.15, 0.2) is 0 Å². The fourth-order valence-electron chi connectivity index (χ4n) is 1.28. The summed E-state index contributed by atoms with van der Waals surface area (Å²) in [5.74, 6) is 1.11. The monoisotopic (exact) mass is 189 g/mol. The Morgan fingerprint density at radius 1 is 1.42 bits per heavy atom. The minimum absolute atomic E-state index is 0.421. The second-order valence-electron chi connectivity index (χ2n) is 3.19. The molecule has 0 radical (unpaired) electrons. The van der Waals surface area contributed by atoms with Crippen LogP contribution in [-0.2, 0) is 9.47 Å². The van der Waals surface area contributed by atoms with Crippen molar-refractivity contribution in [3.05, 3.63) is 0 Å². The molecule has 2 aliphatic heterocycles. The molecule has 0 aromatic rings. The van der Waals surface area contributed by atoms with Gasteiger partial charge in [-0.25, -0.2) is 0 Å². The number of hydrogen-bond donors (Lipinski definition) is 1. The van der Waals surface area contributed by atoms with E-state index < -0.39 is 0 Å². The molecule has 1 N–H and O–H groups in total. The third kappa shape index (κ3) is 2.36. The largest absolute Gasteiger partial charge is 0.379 e. The van der Waals surface area contributed by atoms with E-state index in [2.05, 4.69) is 5.32 Å². The molecule has 2 fully saturated rings. The van der Waals surface area contributed by atoms with Crippen molar-refractivity contribution in [2.75, 3.05) is 38.7 Å². The van der Waals surface area contributed by atoms with Gasteiger partial charge < -0.3 is 14.8 Å². The fraction of sp³-hybridized carbons (Fsp3) is 1.00. The summed E-state index contributed by atoms with van der Waals surface area (Å²) in [5.41, 5.74) is 0. The number of thioether (sulfide) groups is 1. The van der Waals surface area contributed by atoms with E-state index >= 15 is 0 Å². The molecule has 12 heavy (non-hydrogen) atoms. The fourth-order valence-corrected chi connectivity index (χ4v) is 2.37. The highest BCUT2D eigenvalue weighted by Crippen LogP contribution is 2.20. The average molecular weight is 189 g/mol. The van der Waals surface area contributed by atoms with E-state index in [9.17, 15) is 0 Å². The molecule has 1 atom stereocenters. The summed E-state index contributed by atoms with van der Waals surface area (Å²) in [6.07, 6.45) is 0.421. The number of nitrogens with one attached hydrogen (secondary N) is 1. The standard InChI is InChI=1S/C8H15NO2S/c1-2-11-7(3-9-1)6-12-8-4-10-5-8/h7-9H,1-6H2. The summed E-state index contributed by atoms with van der Waals surface area (Å²) in [4.78, 5) is 0. The van der Waals surface area contributed by atoms with Crippen LogP contribution in [0.3, 0.4) is 0 Å². The van der Waals surface area contributed by atoms with Gasteiger partial charge in [-0.3, -0.25) is 0 Å². The molecule has 3 nitrogen and oxygen atoms in total. The number of morpholine rings is 1. The highest BCUT2D eigenvalue weighted by Gasteiger charge is 2.21. The zero-order chi connectivity index (χ0) is 8.23. The maximum absolute atomic E-state index is 5.57. The maximum atomic E-state index is 5.57. The van der Waals surface area contributed by atoms with E-state index in [1.54, 1.807) is 0 Å². The van der Waals surface area contributed by atoms with Crippen LogP contribution in [0.15, 0.2) is 0 Å². The molecule has 0 saturated carbocycles. The molecule has 2 saturated heterocycles. The van der Waals surface area contributed by atoms with Gasteiger partial charge in [0.1, 0.15) is 0 Å². The van der Waals surface area contributed by atoms with Gasteiger partial charge in [-0.05, 0) is 0 Å². The van der Waals surface area contributed by atoms with Crippen LogP contribution >= 0.6 is 11.8 Å². The van der Waals surface area contributed by atoms with Crippen molar-refractivity contribution < 1.29 is 9.47 Å². The molecule has 2 heterocycles. The van der Waals surface area contributed by atoms with Gasteiger partial charge in [-0.1, -0.05) is 0 Å². The Morgan fingerprint density at radius 2 is 2.33 bits per heavy atom. The minimum Gasteiger partial charge on any atom is -0.379 e. The second-order valence-corrected chi connectivity index (χ2v) is 4.52. The first-order valence-electron chi connectivity index (χ1n) is 4.47. The molecule has 0 amide bonds. The van der Waals surface area contributed by atoms with Gasteiger partial charge in [0.2, 0.25) is 0 Å². The summed E-state index contributed by atoms with van der Waals surface area (Å²) in [7, 11) is 0. The molecule has 70 valence electrons. The third-order valence-corrected chi connectivity index (χ3v) is 3.44. The first-order valence-corrected chi connectivity index (χ1v) is 5.51. The smallest absolute Gasteiger partial charge is 0.0790 e.